The molecular weight excluding hydrogens is 546 g/mol. The van der Waals surface area contributed by atoms with Crippen LogP contribution in [0.1, 0.15) is 38.3 Å². The third-order valence-corrected chi connectivity index (χ3v) is 14.6. The molecule has 0 radical (unpaired) electrons. The van der Waals surface area contributed by atoms with Crippen LogP contribution in [0, 0.1) is 0 Å². The Morgan fingerprint density at radius 1 is 0.975 bits per heavy atom. The summed E-state index contributed by atoms with van der Waals surface area (Å²) in [5.74, 6) is 0.699. The molecule has 0 unspecified atom stereocenters. The molecule has 2 atom stereocenters. The fourth-order valence-electron chi connectivity index (χ4n) is 5.21. The van der Waals surface area contributed by atoms with E-state index in [1.165, 1.54) is 22.7 Å². The van der Waals surface area contributed by atoms with Crippen LogP contribution in [0.15, 0.2) is 54.6 Å². The second kappa shape index (κ2) is 14.4. The molecule has 1 aliphatic rings. The fourth-order valence-corrected chi connectivity index (χ4v) is 9.17. The van der Waals surface area contributed by atoms with Gasteiger partial charge in [-0.05, 0) is 47.8 Å². The zero-order valence-electron chi connectivity index (χ0n) is 24.7. The topological polar surface area (TPSA) is 88.6 Å². The minimum atomic E-state index is -3.83. The quantitative estimate of drug-likeness (QED) is 0.284. The molecule has 0 N–H and O–H groups in total. The van der Waals surface area contributed by atoms with E-state index in [0.29, 0.717) is 18.7 Å². The summed E-state index contributed by atoms with van der Waals surface area (Å²) < 4.78 is 47.8. The van der Waals surface area contributed by atoms with E-state index in [9.17, 15) is 13.2 Å². The fraction of sp³-hybridized carbons (Fsp3) is 0.552. The maximum atomic E-state index is 13.7. The summed E-state index contributed by atoms with van der Waals surface area (Å²) in [6.45, 7) is 7.44. The smallest absolute Gasteiger partial charge is 0.410 e. The van der Waals surface area contributed by atoms with Crippen LogP contribution in [0.2, 0.25) is 18.1 Å². The average molecular weight is 592 g/mol. The molecule has 1 heterocycles. The predicted octanol–water partition coefficient (Wildman–Crippen LogP) is 5.11. The highest BCUT2D eigenvalue weighted by atomic mass is 32.2. The molecule has 0 aromatic heterocycles. The van der Waals surface area contributed by atoms with Crippen molar-refractivity contribution >= 4 is 24.6 Å². The van der Waals surface area contributed by atoms with E-state index in [0.717, 1.165) is 29.3 Å². The first-order valence-electron chi connectivity index (χ1n) is 14.0. The first-order chi connectivity index (χ1) is 19.1. The van der Waals surface area contributed by atoms with Gasteiger partial charge in [-0.3, -0.25) is 0 Å². The molecule has 1 amide bonds. The molecule has 0 saturated carbocycles. The number of methoxy groups -OCH3 is 1. The summed E-state index contributed by atoms with van der Waals surface area (Å²) in [6.07, 6.45) is 0.0275. The van der Waals surface area contributed by atoms with Crippen molar-refractivity contribution in [3.63, 3.8) is 0 Å². The normalized spacial score (nSPS) is 17.9. The van der Waals surface area contributed by atoms with E-state index in [2.05, 4.69) is 20.8 Å². The second-order valence-corrected chi connectivity index (χ2v) is 17.3. The predicted molar refractivity (Wildman–Crippen MR) is 160 cm³/mol. The van der Waals surface area contributed by atoms with Crippen molar-refractivity contribution in [2.24, 2.45) is 0 Å². The summed E-state index contributed by atoms with van der Waals surface area (Å²) >= 11 is 0. The van der Waals surface area contributed by atoms with Crippen molar-refractivity contribution in [2.75, 3.05) is 34.4 Å². The van der Waals surface area contributed by atoms with Crippen LogP contribution >= 0.6 is 0 Å². The molecule has 222 valence electrons. The van der Waals surface area contributed by atoms with E-state index in [-0.39, 0.29) is 19.8 Å². The molecule has 0 bridgehead atoms. The number of ether oxygens (including phenoxy) is 2. The van der Waals surface area contributed by atoms with Gasteiger partial charge in [0.1, 0.15) is 12.4 Å². The number of hydrogen-bond donors (Lipinski definition) is 0. The Morgan fingerprint density at radius 2 is 1.60 bits per heavy atom. The van der Waals surface area contributed by atoms with Crippen molar-refractivity contribution < 1.29 is 27.1 Å². The number of amides is 1. The van der Waals surface area contributed by atoms with E-state index in [1.54, 1.807) is 12.0 Å². The van der Waals surface area contributed by atoms with Gasteiger partial charge >= 0.3 is 6.09 Å². The standard InChI is InChI=1S/C29H45N3O6SSi/c1-7-40(8-2,9-3)38-23-28-27(19-20-31(28)29(33)37-22-25-13-11-10-12-14-25)32(39(34,35)30(4)5)21-24-15-17-26(36-6)18-16-24/h10-18,27-28H,7-9,19-23H2,1-6H3/t27-,28-/m0/s1. The highest BCUT2D eigenvalue weighted by molar-refractivity contribution is 7.86. The van der Waals surface area contributed by atoms with Gasteiger partial charge in [0.15, 0.2) is 8.32 Å². The van der Waals surface area contributed by atoms with Crippen molar-refractivity contribution in [1.29, 1.82) is 0 Å². The van der Waals surface area contributed by atoms with E-state index < -0.39 is 36.7 Å². The second-order valence-electron chi connectivity index (χ2n) is 10.4. The molecule has 1 aliphatic heterocycles. The van der Waals surface area contributed by atoms with Gasteiger partial charge in [-0.2, -0.15) is 17.0 Å². The number of carbonyl (C=O) groups excluding carboxylic acids is 1. The molecular formula is C29H45N3O6SSi. The summed E-state index contributed by atoms with van der Waals surface area (Å²) in [5, 5.41) is 0. The van der Waals surface area contributed by atoms with Gasteiger partial charge in [0.2, 0.25) is 0 Å². The summed E-state index contributed by atoms with van der Waals surface area (Å²) in [5.41, 5.74) is 1.72. The first-order valence-corrected chi connectivity index (χ1v) is 18.0. The monoisotopic (exact) mass is 591 g/mol. The molecule has 0 spiro atoms. The molecule has 3 rings (SSSR count). The lowest BCUT2D eigenvalue weighted by molar-refractivity contribution is 0.0711. The SMILES string of the molecule is CC[Si](CC)(CC)OC[C@H]1[C@@H](N(Cc2ccc(OC)cc2)S(=O)(=O)N(C)C)CCN1C(=O)OCc1ccccc1. The highest BCUT2D eigenvalue weighted by Gasteiger charge is 2.46. The van der Waals surface area contributed by atoms with Gasteiger partial charge in [0.25, 0.3) is 10.2 Å². The van der Waals surface area contributed by atoms with Gasteiger partial charge in [0, 0.05) is 27.2 Å². The third-order valence-electron chi connectivity index (χ3n) is 8.07. The number of nitrogens with zero attached hydrogens (tertiary/aromatic N) is 3. The lowest BCUT2D eigenvalue weighted by Gasteiger charge is -2.38. The Labute approximate surface area is 241 Å². The van der Waals surface area contributed by atoms with Crippen LogP contribution in [0.5, 0.6) is 5.75 Å². The number of likely N-dealkylation sites (tertiary alicyclic amines) is 1. The minimum Gasteiger partial charge on any atom is -0.497 e. The molecule has 2 aromatic carbocycles. The van der Waals surface area contributed by atoms with E-state index in [1.807, 2.05) is 54.6 Å². The van der Waals surface area contributed by atoms with Gasteiger partial charge in [-0.15, -0.1) is 0 Å². The van der Waals surface area contributed by atoms with Crippen LogP contribution in [0.3, 0.4) is 0 Å². The molecule has 1 saturated heterocycles. The third kappa shape index (κ3) is 7.64. The van der Waals surface area contributed by atoms with E-state index >= 15 is 0 Å². The first kappa shape index (κ1) is 32.1. The summed E-state index contributed by atoms with van der Waals surface area (Å²) in [4.78, 5) is 15.1. The lowest BCUT2D eigenvalue weighted by atomic mass is 10.1. The largest absolute Gasteiger partial charge is 0.497 e. The average Bonchev–Trinajstić information content (AvgIpc) is 3.39. The van der Waals surface area contributed by atoms with Crippen molar-refractivity contribution in [2.45, 2.75) is 70.6 Å². The minimum absolute atomic E-state index is 0.150. The Kier molecular flexibility index (Phi) is 11.6. The van der Waals surface area contributed by atoms with Gasteiger partial charge < -0.3 is 18.8 Å². The summed E-state index contributed by atoms with van der Waals surface area (Å²) in [7, 11) is -1.18. The zero-order chi connectivity index (χ0) is 29.3. The lowest BCUT2D eigenvalue weighted by Crippen LogP contribution is -2.54. The summed E-state index contributed by atoms with van der Waals surface area (Å²) in [6, 6.07) is 18.8. The Hall–Kier alpha value is -2.44. The Morgan fingerprint density at radius 3 is 2.15 bits per heavy atom. The van der Waals surface area contributed by atoms with Crippen LogP contribution < -0.4 is 4.74 Å². The molecule has 11 heteroatoms. The number of benzene rings is 2. The molecule has 1 fully saturated rings. The zero-order valence-corrected chi connectivity index (χ0v) is 26.5. The number of hydrogen-bond acceptors (Lipinski definition) is 6. The van der Waals surface area contributed by atoms with E-state index in [4.69, 9.17) is 13.9 Å². The van der Waals surface area contributed by atoms with Gasteiger partial charge in [-0.1, -0.05) is 63.2 Å². The number of carbonyl (C=O) groups is 1. The van der Waals surface area contributed by atoms with Gasteiger partial charge in [0.05, 0.1) is 25.8 Å². The number of rotatable bonds is 14. The maximum Gasteiger partial charge on any atom is 0.410 e. The van der Waals surface area contributed by atoms with Crippen LogP contribution in [0.4, 0.5) is 4.79 Å². The highest BCUT2D eigenvalue weighted by Crippen LogP contribution is 2.31. The molecule has 9 nitrogen and oxygen atoms in total. The Bertz CT molecular complexity index is 1170. The van der Waals surface area contributed by atoms with Crippen molar-refractivity contribution in [3.05, 3.63) is 65.7 Å². The molecule has 2 aromatic rings. The molecule has 0 aliphatic carbocycles. The van der Waals surface area contributed by atoms with Crippen LogP contribution in [-0.4, -0.2) is 82.8 Å². The van der Waals surface area contributed by atoms with Crippen molar-refractivity contribution in [3.8, 4) is 5.75 Å². The van der Waals surface area contributed by atoms with Gasteiger partial charge in [-0.25, -0.2) is 4.79 Å². The maximum absolute atomic E-state index is 13.7. The van der Waals surface area contributed by atoms with Crippen molar-refractivity contribution in [1.82, 2.24) is 13.5 Å². The van der Waals surface area contributed by atoms with Crippen LogP contribution in [0.25, 0.3) is 0 Å². The Balaban J connectivity index is 1.93. The van der Waals surface area contributed by atoms with Crippen LogP contribution in [-0.2, 0) is 32.5 Å². The molecule has 40 heavy (non-hydrogen) atoms.